The van der Waals surface area contributed by atoms with Crippen LogP contribution in [0.1, 0.15) is 49.1 Å². The van der Waals surface area contributed by atoms with Crippen LogP contribution < -0.4 is 5.32 Å². The molecule has 114 valence electrons. The minimum absolute atomic E-state index is 0.00345. The molecule has 0 saturated heterocycles. The van der Waals surface area contributed by atoms with Gasteiger partial charge in [-0.05, 0) is 24.4 Å². The Morgan fingerprint density at radius 2 is 2.10 bits per heavy atom. The number of hydrogen-bond donors (Lipinski definition) is 1. The lowest BCUT2D eigenvalue weighted by Crippen LogP contribution is -2.28. The lowest BCUT2D eigenvalue weighted by molar-refractivity contribution is 0.0922. The van der Waals surface area contributed by atoms with Crippen LogP contribution >= 0.6 is 11.6 Å². The molecule has 0 saturated carbocycles. The fourth-order valence-corrected chi connectivity index (χ4v) is 1.79. The van der Waals surface area contributed by atoms with Gasteiger partial charge < -0.3 is 9.84 Å². The van der Waals surface area contributed by atoms with E-state index in [1.165, 1.54) is 4.68 Å². The first-order chi connectivity index (χ1) is 9.86. The molecular formula is C12H17ClN6O2. The second kappa shape index (κ2) is 6.21. The summed E-state index contributed by atoms with van der Waals surface area (Å²) in [6, 6.07) is -0.437. The molecule has 0 spiro atoms. The molecule has 2 rings (SSSR count). The third-order valence-corrected chi connectivity index (χ3v) is 3.03. The highest BCUT2D eigenvalue weighted by molar-refractivity contribution is 6.28. The minimum Gasteiger partial charge on any atom is -0.338 e. The first kappa shape index (κ1) is 15.4. The molecule has 1 amide bonds. The molecule has 2 heterocycles. The predicted molar refractivity (Wildman–Crippen MR) is 74.7 cm³/mol. The minimum atomic E-state index is -0.450. The molecule has 1 atom stereocenters. The molecule has 0 bridgehead atoms. The number of nitrogens with one attached hydrogen (secondary N) is 1. The first-order valence-electron chi connectivity index (χ1n) is 6.56. The summed E-state index contributed by atoms with van der Waals surface area (Å²) in [6.07, 6.45) is 0.724. The Balaban J connectivity index is 2.02. The van der Waals surface area contributed by atoms with E-state index >= 15 is 0 Å². The third-order valence-electron chi connectivity index (χ3n) is 2.71. The molecule has 0 aliphatic heterocycles. The monoisotopic (exact) mass is 312 g/mol. The number of rotatable bonds is 5. The van der Waals surface area contributed by atoms with Crippen LogP contribution in [0, 0.1) is 5.92 Å². The van der Waals surface area contributed by atoms with Gasteiger partial charge in [-0.3, -0.25) is 4.79 Å². The van der Waals surface area contributed by atoms with Crippen LogP contribution in [0.5, 0.6) is 0 Å². The fourth-order valence-electron chi connectivity index (χ4n) is 1.68. The van der Waals surface area contributed by atoms with Gasteiger partial charge in [-0.2, -0.15) is 9.97 Å². The van der Waals surface area contributed by atoms with Crippen LogP contribution in [0.25, 0.3) is 0 Å². The van der Waals surface area contributed by atoms with Gasteiger partial charge in [-0.25, -0.2) is 4.68 Å². The molecule has 9 heteroatoms. The number of halogens is 1. The van der Waals surface area contributed by atoms with Crippen molar-refractivity contribution in [2.45, 2.75) is 33.2 Å². The summed E-state index contributed by atoms with van der Waals surface area (Å²) in [4.78, 5) is 20.1. The summed E-state index contributed by atoms with van der Waals surface area (Å²) in [5.74, 6) is 0.950. The van der Waals surface area contributed by atoms with Crippen LogP contribution in [0.15, 0.2) is 4.52 Å². The van der Waals surface area contributed by atoms with Crippen LogP contribution in [-0.4, -0.2) is 30.8 Å². The Hall–Kier alpha value is -1.96. The third kappa shape index (κ3) is 3.78. The van der Waals surface area contributed by atoms with E-state index in [4.69, 9.17) is 16.1 Å². The van der Waals surface area contributed by atoms with Crippen molar-refractivity contribution < 1.29 is 9.32 Å². The molecule has 0 aromatic carbocycles. The molecular weight excluding hydrogens is 296 g/mol. The van der Waals surface area contributed by atoms with Gasteiger partial charge in [0.05, 0.1) is 0 Å². The zero-order valence-electron chi connectivity index (χ0n) is 12.3. The van der Waals surface area contributed by atoms with Crippen LogP contribution in [-0.2, 0) is 13.5 Å². The molecule has 0 aliphatic carbocycles. The summed E-state index contributed by atoms with van der Waals surface area (Å²) >= 11 is 5.75. The van der Waals surface area contributed by atoms with E-state index in [9.17, 15) is 4.79 Å². The molecule has 1 unspecified atom stereocenters. The van der Waals surface area contributed by atoms with E-state index in [-0.39, 0.29) is 11.1 Å². The molecule has 0 radical (unpaired) electrons. The SMILES string of the molecule is CC(C)Cc1noc(C(C)NC(=O)c2nc(Cl)n(C)n2)n1. The Bertz CT molecular complexity index is 616. The second-order valence-electron chi connectivity index (χ2n) is 5.17. The number of nitrogens with zero attached hydrogens (tertiary/aromatic N) is 5. The quantitative estimate of drug-likeness (QED) is 0.899. The van der Waals surface area contributed by atoms with Crippen molar-refractivity contribution in [3.8, 4) is 0 Å². The molecule has 0 aliphatic rings. The predicted octanol–water partition coefficient (Wildman–Crippen LogP) is 1.54. The number of aryl methyl sites for hydroxylation is 1. The summed E-state index contributed by atoms with van der Waals surface area (Å²) in [6.45, 7) is 5.88. The fraction of sp³-hybridized carbons (Fsp3) is 0.583. The van der Waals surface area contributed by atoms with E-state index in [0.29, 0.717) is 17.6 Å². The standard InChI is InChI=1S/C12H17ClN6O2/c1-6(2)5-8-15-11(21-18-8)7(3)14-10(20)9-16-12(13)19(4)17-9/h6-7H,5H2,1-4H3,(H,14,20). The van der Waals surface area contributed by atoms with Gasteiger partial charge in [0.1, 0.15) is 6.04 Å². The lowest BCUT2D eigenvalue weighted by Gasteiger charge is -2.07. The van der Waals surface area contributed by atoms with Crippen molar-refractivity contribution in [1.29, 1.82) is 0 Å². The van der Waals surface area contributed by atoms with Crippen molar-refractivity contribution in [2.75, 3.05) is 0 Å². The first-order valence-corrected chi connectivity index (χ1v) is 6.94. The zero-order valence-corrected chi connectivity index (χ0v) is 13.0. The molecule has 21 heavy (non-hydrogen) atoms. The average molecular weight is 313 g/mol. The molecule has 2 aromatic heterocycles. The Morgan fingerprint density at radius 1 is 1.38 bits per heavy atom. The number of carbonyl (C=O) groups excluding carboxylic acids is 1. The van der Waals surface area contributed by atoms with Crippen molar-refractivity contribution in [3.05, 3.63) is 22.8 Å². The Kier molecular flexibility index (Phi) is 4.56. The average Bonchev–Trinajstić information content (AvgIpc) is 2.97. The van der Waals surface area contributed by atoms with E-state index in [2.05, 4.69) is 39.4 Å². The zero-order chi connectivity index (χ0) is 15.6. The van der Waals surface area contributed by atoms with Gasteiger partial charge in [-0.15, -0.1) is 5.10 Å². The number of hydrogen-bond acceptors (Lipinski definition) is 6. The summed E-state index contributed by atoms with van der Waals surface area (Å²) in [7, 11) is 1.60. The maximum atomic E-state index is 12.0. The number of amides is 1. The van der Waals surface area contributed by atoms with Crippen molar-refractivity contribution >= 4 is 17.5 Å². The summed E-state index contributed by atoms with van der Waals surface area (Å²) < 4.78 is 6.46. The molecule has 2 aromatic rings. The molecule has 8 nitrogen and oxygen atoms in total. The molecule has 1 N–H and O–H groups in total. The smallest absolute Gasteiger partial charge is 0.291 e. The summed E-state index contributed by atoms with van der Waals surface area (Å²) in [5, 5.41) is 10.6. The van der Waals surface area contributed by atoms with Gasteiger partial charge in [-0.1, -0.05) is 19.0 Å². The second-order valence-corrected chi connectivity index (χ2v) is 5.51. The highest BCUT2D eigenvalue weighted by atomic mass is 35.5. The maximum Gasteiger partial charge on any atom is 0.291 e. The van der Waals surface area contributed by atoms with Gasteiger partial charge in [0.25, 0.3) is 5.91 Å². The topological polar surface area (TPSA) is 98.7 Å². The number of aromatic nitrogens is 5. The van der Waals surface area contributed by atoms with Gasteiger partial charge >= 0.3 is 0 Å². The van der Waals surface area contributed by atoms with E-state index in [0.717, 1.165) is 6.42 Å². The Morgan fingerprint density at radius 3 is 2.67 bits per heavy atom. The van der Waals surface area contributed by atoms with E-state index in [1.807, 2.05) is 0 Å². The number of carbonyl (C=O) groups is 1. The highest BCUT2D eigenvalue weighted by Crippen LogP contribution is 2.12. The normalized spacial score (nSPS) is 12.7. The van der Waals surface area contributed by atoms with E-state index < -0.39 is 11.9 Å². The molecule has 0 fully saturated rings. The Labute approximate surface area is 126 Å². The highest BCUT2D eigenvalue weighted by Gasteiger charge is 2.20. The van der Waals surface area contributed by atoms with Gasteiger partial charge in [0.2, 0.25) is 17.0 Å². The van der Waals surface area contributed by atoms with Crippen molar-refractivity contribution in [3.63, 3.8) is 0 Å². The van der Waals surface area contributed by atoms with Crippen molar-refractivity contribution in [1.82, 2.24) is 30.2 Å². The maximum absolute atomic E-state index is 12.0. The van der Waals surface area contributed by atoms with Crippen LogP contribution in [0.3, 0.4) is 0 Å². The van der Waals surface area contributed by atoms with E-state index in [1.54, 1.807) is 14.0 Å². The van der Waals surface area contributed by atoms with Gasteiger partial charge in [0, 0.05) is 13.5 Å². The lowest BCUT2D eigenvalue weighted by atomic mass is 10.1. The van der Waals surface area contributed by atoms with Crippen molar-refractivity contribution in [2.24, 2.45) is 13.0 Å². The van der Waals surface area contributed by atoms with Gasteiger partial charge in [0.15, 0.2) is 5.82 Å². The summed E-state index contributed by atoms with van der Waals surface area (Å²) in [5.41, 5.74) is 0. The van der Waals surface area contributed by atoms with Crippen LogP contribution in [0.4, 0.5) is 0 Å². The van der Waals surface area contributed by atoms with Crippen LogP contribution in [0.2, 0.25) is 5.28 Å². The largest absolute Gasteiger partial charge is 0.338 e.